The first-order valence-corrected chi connectivity index (χ1v) is 8.48. The molecule has 0 spiro atoms. The maximum atomic E-state index is 12.8. The lowest BCUT2D eigenvalue weighted by Crippen LogP contribution is -2.39. The molecule has 0 heterocycles. The molecular formula is C15H26N2O2S. The summed E-state index contributed by atoms with van der Waals surface area (Å²) in [6.07, 6.45) is 0. The number of benzene rings is 1. The summed E-state index contributed by atoms with van der Waals surface area (Å²) in [5.74, 6) is 0.299. The monoisotopic (exact) mass is 298 g/mol. The number of nitrogens with one attached hydrogen (secondary N) is 1. The third kappa shape index (κ3) is 4.30. The van der Waals surface area contributed by atoms with Gasteiger partial charge in [-0.3, -0.25) is 0 Å². The van der Waals surface area contributed by atoms with Crippen LogP contribution in [0.4, 0.5) is 0 Å². The molecule has 20 heavy (non-hydrogen) atoms. The van der Waals surface area contributed by atoms with Crippen LogP contribution in [0.1, 0.15) is 33.3 Å². The maximum Gasteiger partial charge on any atom is 0.243 e. The van der Waals surface area contributed by atoms with E-state index in [1.807, 2.05) is 40.8 Å². The highest BCUT2D eigenvalue weighted by Crippen LogP contribution is 2.20. The molecule has 0 bridgehead atoms. The van der Waals surface area contributed by atoms with E-state index >= 15 is 0 Å². The number of hydrogen-bond donors (Lipinski definition) is 1. The van der Waals surface area contributed by atoms with Gasteiger partial charge >= 0.3 is 0 Å². The minimum atomic E-state index is -3.43. The number of nitrogens with zero attached hydrogens (tertiary/aromatic N) is 1. The molecule has 0 unspecified atom stereocenters. The molecule has 1 rings (SSSR count). The molecule has 0 saturated carbocycles. The SMILES string of the molecule is CNCc1cccc(S(=O)(=O)N(CC(C)C)C(C)C)c1. The Morgan fingerprint density at radius 1 is 1.20 bits per heavy atom. The van der Waals surface area contributed by atoms with Gasteiger partial charge in [0.2, 0.25) is 10.0 Å². The standard InChI is InChI=1S/C15H26N2O2S/c1-12(2)11-17(13(3)4)20(18,19)15-8-6-7-14(9-15)10-16-5/h6-9,12-13,16H,10-11H2,1-5H3. The van der Waals surface area contributed by atoms with Crippen molar-refractivity contribution in [3.63, 3.8) is 0 Å². The summed E-state index contributed by atoms with van der Waals surface area (Å²) in [6.45, 7) is 9.09. The Labute approximate surface area is 123 Å². The second kappa shape index (κ2) is 7.20. The van der Waals surface area contributed by atoms with Crippen molar-refractivity contribution in [1.29, 1.82) is 0 Å². The van der Waals surface area contributed by atoms with Crippen molar-refractivity contribution in [3.05, 3.63) is 29.8 Å². The van der Waals surface area contributed by atoms with Crippen molar-refractivity contribution in [2.24, 2.45) is 5.92 Å². The Hall–Kier alpha value is -0.910. The van der Waals surface area contributed by atoms with E-state index in [1.165, 1.54) is 0 Å². The molecule has 1 aromatic rings. The Kier molecular flexibility index (Phi) is 6.17. The first-order valence-electron chi connectivity index (χ1n) is 7.04. The van der Waals surface area contributed by atoms with Crippen molar-refractivity contribution in [2.75, 3.05) is 13.6 Å². The molecule has 0 aliphatic rings. The first kappa shape index (κ1) is 17.1. The lowest BCUT2D eigenvalue weighted by molar-refractivity contribution is 0.319. The van der Waals surface area contributed by atoms with Gasteiger partial charge in [0.05, 0.1) is 4.90 Å². The topological polar surface area (TPSA) is 49.4 Å². The van der Waals surface area contributed by atoms with Crippen LogP contribution in [0.15, 0.2) is 29.2 Å². The zero-order chi connectivity index (χ0) is 15.3. The van der Waals surface area contributed by atoms with Crippen molar-refractivity contribution >= 4 is 10.0 Å². The molecule has 0 saturated heterocycles. The minimum Gasteiger partial charge on any atom is -0.316 e. The first-order chi connectivity index (χ1) is 9.28. The summed E-state index contributed by atoms with van der Waals surface area (Å²) < 4.78 is 27.1. The highest BCUT2D eigenvalue weighted by Gasteiger charge is 2.27. The van der Waals surface area contributed by atoms with Crippen LogP contribution in [-0.2, 0) is 16.6 Å². The molecule has 0 aliphatic carbocycles. The van der Waals surface area contributed by atoms with E-state index in [9.17, 15) is 8.42 Å². The number of sulfonamides is 1. The van der Waals surface area contributed by atoms with Gasteiger partial charge in [-0.05, 0) is 44.5 Å². The van der Waals surface area contributed by atoms with Gasteiger partial charge < -0.3 is 5.32 Å². The van der Waals surface area contributed by atoms with Crippen LogP contribution in [0.25, 0.3) is 0 Å². The number of hydrogen-bond acceptors (Lipinski definition) is 3. The summed E-state index contributed by atoms with van der Waals surface area (Å²) >= 11 is 0. The van der Waals surface area contributed by atoms with E-state index in [1.54, 1.807) is 22.5 Å². The number of rotatable bonds is 7. The molecule has 0 aliphatic heterocycles. The van der Waals surface area contributed by atoms with Crippen molar-refractivity contribution in [3.8, 4) is 0 Å². The quantitative estimate of drug-likeness (QED) is 0.841. The summed E-state index contributed by atoms with van der Waals surface area (Å²) in [5.41, 5.74) is 0.974. The normalized spacial score (nSPS) is 12.6. The molecule has 4 nitrogen and oxygen atoms in total. The Bertz CT molecular complexity index is 524. The minimum absolute atomic E-state index is 0.0460. The highest BCUT2D eigenvalue weighted by molar-refractivity contribution is 7.89. The second-order valence-corrected chi connectivity index (χ2v) is 7.63. The lowest BCUT2D eigenvalue weighted by Gasteiger charge is -2.27. The van der Waals surface area contributed by atoms with Crippen molar-refractivity contribution in [2.45, 2.75) is 45.2 Å². The predicted molar refractivity (Wildman–Crippen MR) is 83.1 cm³/mol. The van der Waals surface area contributed by atoms with Gasteiger partial charge in [-0.2, -0.15) is 4.31 Å². The van der Waals surface area contributed by atoms with E-state index in [-0.39, 0.29) is 6.04 Å². The predicted octanol–water partition coefficient (Wildman–Crippen LogP) is 2.46. The summed E-state index contributed by atoms with van der Waals surface area (Å²) in [5, 5.41) is 3.04. The van der Waals surface area contributed by atoms with Crippen LogP contribution in [-0.4, -0.2) is 32.4 Å². The molecule has 0 atom stereocenters. The molecule has 1 N–H and O–H groups in total. The zero-order valence-corrected chi connectivity index (χ0v) is 13.9. The fraction of sp³-hybridized carbons (Fsp3) is 0.600. The molecule has 0 amide bonds. The van der Waals surface area contributed by atoms with Crippen LogP contribution in [0.2, 0.25) is 0 Å². The van der Waals surface area contributed by atoms with E-state index in [0.29, 0.717) is 23.9 Å². The van der Waals surface area contributed by atoms with Crippen LogP contribution in [0, 0.1) is 5.92 Å². The van der Waals surface area contributed by atoms with Crippen molar-refractivity contribution in [1.82, 2.24) is 9.62 Å². The van der Waals surface area contributed by atoms with Crippen LogP contribution < -0.4 is 5.32 Å². The average Bonchev–Trinajstić information content (AvgIpc) is 2.36. The summed E-state index contributed by atoms with van der Waals surface area (Å²) in [6, 6.07) is 7.10. The molecule has 114 valence electrons. The largest absolute Gasteiger partial charge is 0.316 e. The van der Waals surface area contributed by atoms with E-state index in [2.05, 4.69) is 5.32 Å². The van der Waals surface area contributed by atoms with Gasteiger partial charge in [0.1, 0.15) is 0 Å². The molecule has 1 aromatic carbocycles. The smallest absolute Gasteiger partial charge is 0.243 e. The fourth-order valence-corrected chi connectivity index (χ4v) is 3.97. The van der Waals surface area contributed by atoms with Gasteiger partial charge in [0, 0.05) is 19.1 Å². The van der Waals surface area contributed by atoms with E-state index in [4.69, 9.17) is 0 Å². The molecular weight excluding hydrogens is 272 g/mol. The highest BCUT2D eigenvalue weighted by atomic mass is 32.2. The summed E-state index contributed by atoms with van der Waals surface area (Å²) in [4.78, 5) is 0.375. The van der Waals surface area contributed by atoms with Crippen LogP contribution in [0.5, 0.6) is 0 Å². The van der Waals surface area contributed by atoms with Gasteiger partial charge in [-0.1, -0.05) is 26.0 Å². The third-order valence-electron chi connectivity index (χ3n) is 3.01. The molecule has 0 radical (unpaired) electrons. The van der Waals surface area contributed by atoms with Gasteiger partial charge in [-0.25, -0.2) is 8.42 Å². The molecule has 0 aromatic heterocycles. The second-order valence-electron chi connectivity index (χ2n) is 5.74. The lowest BCUT2D eigenvalue weighted by atomic mass is 10.2. The third-order valence-corrected chi connectivity index (χ3v) is 5.04. The zero-order valence-electron chi connectivity index (χ0n) is 13.1. The summed E-state index contributed by atoms with van der Waals surface area (Å²) in [7, 11) is -1.58. The van der Waals surface area contributed by atoms with Crippen LogP contribution in [0.3, 0.4) is 0 Å². The molecule has 0 fully saturated rings. The van der Waals surface area contributed by atoms with E-state index in [0.717, 1.165) is 5.56 Å². The fourth-order valence-electron chi connectivity index (χ4n) is 2.10. The molecule has 5 heteroatoms. The van der Waals surface area contributed by atoms with E-state index < -0.39 is 10.0 Å². The Morgan fingerprint density at radius 3 is 2.35 bits per heavy atom. The average molecular weight is 298 g/mol. The van der Waals surface area contributed by atoms with Crippen molar-refractivity contribution < 1.29 is 8.42 Å². The Balaban J connectivity index is 3.15. The van der Waals surface area contributed by atoms with Gasteiger partial charge in [0.15, 0.2) is 0 Å². The van der Waals surface area contributed by atoms with Crippen LogP contribution >= 0.6 is 0 Å². The van der Waals surface area contributed by atoms with Gasteiger partial charge in [0.25, 0.3) is 0 Å². The Morgan fingerprint density at radius 2 is 1.85 bits per heavy atom. The van der Waals surface area contributed by atoms with Gasteiger partial charge in [-0.15, -0.1) is 0 Å². The maximum absolute atomic E-state index is 12.8.